The van der Waals surface area contributed by atoms with E-state index in [-0.39, 0.29) is 0 Å². The lowest BCUT2D eigenvalue weighted by Gasteiger charge is -2.14. The Morgan fingerprint density at radius 3 is 1.55 bits per heavy atom. The van der Waals surface area contributed by atoms with E-state index >= 15 is 0 Å². The maximum Gasteiger partial charge on any atom is 0.167 e. The van der Waals surface area contributed by atoms with E-state index < -0.39 is 0 Å². The van der Waals surface area contributed by atoms with Crippen molar-refractivity contribution in [1.82, 2.24) is 19.5 Å². The summed E-state index contributed by atoms with van der Waals surface area (Å²) in [6.07, 6.45) is 0. The van der Waals surface area contributed by atoms with Crippen molar-refractivity contribution in [2.45, 2.75) is 0 Å². The van der Waals surface area contributed by atoms with E-state index in [0.29, 0.717) is 17.5 Å². The van der Waals surface area contributed by atoms with Crippen molar-refractivity contribution in [3.05, 3.63) is 218 Å². The Morgan fingerprint density at radius 2 is 0.806 bits per heavy atom. The van der Waals surface area contributed by atoms with E-state index in [9.17, 15) is 0 Å². The Labute approximate surface area is 357 Å². The molecule has 0 amide bonds. The maximum absolute atomic E-state index is 6.90. The fraction of sp³-hybridized carbons (Fsp3) is 0. The summed E-state index contributed by atoms with van der Waals surface area (Å²) in [6.45, 7) is 0. The zero-order chi connectivity index (χ0) is 41.0. The van der Waals surface area contributed by atoms with E-state index in [1.807, 2.05) is 12.1 Å². The van der Waals surface area contributed by atoms with Crippen LogP contribution in [0.2, 0.25) is 0 Å². The van der Waals surface area contributed by atoms with Gasteiger partial charge in [-0.15, -0.1) is 0 Å². The van der Waals surface area contributed by atoms with Crippen molar-refractivity contribution in [1.29, 1.82) is 0 Å². The number of hydrogen-bond donors (Lipinski definition) is 0. The Kier molecular flexibility index (Phi) is 8.42. The SMILES string of the molecule is c1ccc(-c2ccc(-c3nc(-c4cccc(-c5ccccc5)c4)nc(-c4cccc5c4oc4cccc(-c6ccccc6-n6c7ccccc7c7ccccc76)c45)n3)cc2)cc1. The number of aromatic nitrogens is 4. The molecule has 0 fully saturated rings. The minimum Gasteiger partial charge on any atom is -0.455 e. The van der Waals surface area contributed by atoms with Crippen LogP contribution in [0.4, 0.5) is 0 Å². The van der Waals surface area contributed by atoms with Crippen LogP contribution in [-0.4, -0.2) is 19.5 Å². The van der Waals surface area contributed by atoms with Crippen LogP contribution >= 0.6 is 0 Å². The largest absolute Gasteiger partial charge is 0.455 e. The number of nitrogens with zero attached hydrogens (tertiary/aromatic N) is 4. The third-order valence-electron chi connectivity index (χ3n) is 11.9. The molecule has 0 radical (unpaired) electrons. The van der Waals surface area contributed by atoms with Crippen molar-refractivity contribution in [3.8, 4) is 73.2 Å². The second kappa shape index (κ2) is 14.7. The van der Waals surface area contributed by atoms with E-state index in [1.165, 1.54) is 10.8 Å². The van der Waals surface area contributed by atoms with Crippen LogP contribution < -0.4 is 0 Å². The molecular weight excluding hydrogens is 757 g/mol. The summed E-state index contributed by atoms with van der Waals surface area (Å²) in [4.78, 5) is 15.6. The van der Waals surface area contributed by atoms with Crippen LogP contribution in [0.1, 0.15) is 0 Å². The summed E-state index contributed by atoms with van der Waals surface area (Å²) in [5, 5.41) is 4.49. The van der Waals surface area contributed by atoms with Crippen LogP contribution in [0.5, 0.6) is 0 Å². The first kappa shape index (κ1) is 35.5. The highest BCUT2D eigenvalue weighted by atomic mass is 16.3. The topological polar surface area (TPSA) is 56.7 Å². The fourth-order valence-electron chi connectivity index (χ4n) is 8.99. The molecule has 0 aliphatic carbocycles. The Bertz CT molecular complexity index is 3570. The number of hydrogen-bond acceptors (Lipinski definition) is 4. The van der Waals surface area contributed by atoms with Gasteiger partial charge < -0.3 is 8.98 Å². The van der Waals surface area contributed by atoms with Crippen LogP contribution in [0.15, 0.2) is 223 Å². The third-order valence-corrected chi connectivity index (χ3v) is 11.9. The summed E-state index contributed by atoms with van der Waals surface area (Å²) >= 11 is 0. The van der Waals surface area contributed by atoms with Crippen molar-refractivity contribution in [2.75, 3.05) is 0 Å². The van der Waals surface area contributed by atoms with Gasteiger partial charge in [-0.1, -0.05) is 182 Å². The number of para-hydroxylation sites is 4. The highest BCUT2D eigenvalue weighted by Gasteiger charge is 2.22. The molecule has 5 nitrogen and oxygen atoms in total. The molecule has 12 aromatic rings. The number of rotatable bonds is 7. The standard InChI is InChI=1S/C57H36N4O/c1-3-16-37(17-4-1)39-32-34-40(35-33-39)55-58-56(42-21-13-20-41(36-42)38-18-5-2-6-19-38)60-57(59-55)48-27-14-26-47-53-46(25-15-31-52(53)62-54(47)48)45-24-9-12-30-51(45)61-49-28-10-7-22-43(49)44-23-8-11-29-50(44)61/h1-36H. The molecule has 3 aromatic heterocycles. The first-order valence-electron chi connectivity index (χ1n) is 20.9. The first-order chi connectivity index (χ1) is 30.7. The molecule has 290 valence electrons. The molecule has 0 saturated carbocycles. The molecule has 62 heavy (non-hydrogen) atoms. The zero-order valence-corrected chi connectivity index (χ0v) is 33.5. The van der Waals surface area contributed by atoms with Crippen molar-refractivity contribution >= 4 is 43.7 Å². The summed E-state index contributed by atoms with van der Waals surface area (Å²) in [5.41, 5.74) is 14.2. The van der Waals surface area contributed by atoms with Crippen LogP contribution in [-0.2, 0) is 0 Å². The van der Waals surface area contributed by atoms with Gasteiger partial charge in [-0.25, -0.2) is 15.0 Å². The van der Waals surface area contributed by atoms with Crippen molar-refractivity contribution in [2.24, 2.45) is 0 Å². The van der Waals surface area contributed by atoms with Gasteiger partial charge in [-0.05, 0) is 64.2 Å². The highest BCUT2D eigenvalue weighted by molar-refractivity contribution is 6.16. The third kappa shape index (κ3) is 5.98. The molecule has 5 heteroatoms. The number of fused-ring (bicyclic) bond motifs is 6. The van der Waals surface area contributed by atoms with Gasteiger partial charge in [0, 0.05) is 38.2 Å². The van der Waals surface area contributed by atoms with Gasteiger partial charge in [0.25, 0.3) is 0 Å². The molecule has 9 aromatic carbocycles. The number of furan rings is 1. The quantitative estimate of drug-likeness (QED) is 0.161. The van der Waals surface area contributed by atoms with Crippen molar-refractivity contribution in [3.63, 3.8) is 0 Å². The smallest absolute Gasteiger partial charge is 0.167 e. The molecule has 0 aliphatic heterocycles. The Hall–Kier alpha value is -8.41. The van der Waals surface area contributed by atoms with Gasteiger partial charge in [0.15, 0.2) is 17.5 Å². The predicted octanol–water partition coefficient (Wildman–Crippen LogP) is 14.9. The molecule has 0 N–H and O–H groups in total. The highest BCUT2D eigenvalue weighted by Crippen LogP contribution is 2.43. The van der Waals surface area contributed by atoms with Gasteiger partial charge in [0.1, 0.15) is 11.2 Å². The molecule has 0 aliphatic rings. The normalized spacial score (nSPS) is 11.5. The molecule has 0 spiro atoms. The molecule has 12 rings (SSSR count). The van der Waals surface area contributed by atoms with Crippen LogP contribution in [0.25, 0.3) is 117 Å². The lowest BCUT2D eigenvalue weighted by atomic mass is 9.97. The minimum absolute atomic E-state index is 0.541. The Morgan fingerprint density at radius 1 is 0.323 bits per heavy atom. The van der Waals surface area contributed by atoms with Crippen LogP contribution in [0, 0.1) is 0 Å². The van der Waals surface area contributed by atoms with Crippen LogP contribution in [0.3, 0.4) is 0 Å². The van der Waals surface area contributed by atoms with Gasteiger partial charge in [-0.2, -0.15) is 0 Å². The zero-order valence-electron chi connectivity index (χ0n) is 33.5. The second-order valence-electron chi connectivity index (χ2n) is 15.5. The number of benzene rings is 9. The molecular formula is C57H36N4O. The summed E-state index contributed by atoms with van der Waals surface area (Å²) < 4.78 is 9.29. The van der Waals surface area contributed by atoms with Gasteiger partial charge >= 0.3 is 0 Å². The molecule has 0 saturated heterocycles. The van der Waals surface area contributed by atoms with E-state index in [0.717, 1.165) is 88.7 Å². The van der Waals surface area contributed by atoms with Gasteiger partial charge in [0.2, 0.25) is 0 Å². The first-order valence-corrected chi connectivity index (χ1v) is 20.9. The van der Waals surface area contributed by atoms with E-state index in [1.54, 1.807) is 0 Å². The van der Waals surface area contributed by atoms with E-state index in [2.05, 4.69) is 211 Å². The fourth-order valence-corrected chi connectivity index (χ4v) is 8.99. The summed E-state index contributed by atoms with van der Waals surface area (Å²) in [7, 11) is 0. The molecule has 0 bridgehead atoms. The lowest BCUT2D eigenvalue weighted by Crippen LogP contribution is -2.00. The molecule has 0 unspecified atom stereocenters. The maximum atomic E-state index is 6.90. The van der Waals surface area contributed by atoms with E-state index in [4.69, 9.17) is 19.4 Å². The Balaban J connectivity index is 1.04. The monoisotopic (exact) mass is 792 g/mol. The van der Waals surface area contributed by atoms with Gasteiger partial charge in [-0.3, -0.25) is 0 Å². The van der Waals surface area contributed by atoms with Gasteiger partial charge in [0.05, 0.1) is 22.3 Å². The second-order valence-corrected chi connectivity index (χ2v) is 15.5. The molecule has 3 heterocycles. The summed E-state index contributed by atoms with van der Waals surface area (Å²) in [5.74, 6) is 1.71. The van der Waals surface area contributed by atoms with Crippen molar-refractivity contribution < 1.29 is 4.42 Å². The lowest BCUT2D eigenvalue weighted by molar-refractivity contribution is 0.669. The predicted molar refractivity (Wildman–Crippen MR) is 254 cm³/mol. The summed E-state index contributed by atoms with van der Waals surface area (Å²) in [6, 6.07) is 76.2. The molecule has 0 atom stereocenters. The average Bonchev–Trinajstić information content (AvgIpc) is 3.91. The average molecular weight is 793 g/mol. The minimum atomic E-state index is 0.541.